The van der Waals surface area contributed by atoms with Crippen molar-refractivity contribution in [3.8, 4) is 0 Å². The van der Waals surface area contributed by atoms with Crippen LogP contribution >= 0.6 is 0 Å². The van der Waals surface area contributed by atoms with E-state index in [0.29, 0.717) is 0 Å². The third kappa shape index (κ3) is 2.22. The molecule has 12 heavy (non-hydrogen) atoms. The molecule has 0 aromatic carbocycles. The smallest absolute Gasteiger partial charge is 0.00217 e. The van der Waals surface area contributed by atoms with Crippen LogP contribution in [0.1, 0.15) is 38.5 Å². The van der Waals surface area contributed by atoms with E-state index in [-0.39, 0.29) is 0 Å². The lowest BCUT2D eigenvalue weighted by molar-refractivity contribution is 0.304. The van der Waals surface area contributed by atoms with Gasteiger partial charge < -0.3 is 4.90 Å². The minimum Gasteiger partial charge on any atom is -0.306 e. The Bertz CT molecular complexity index is 140. The third-order valence-electron chi connectivity index (χ3n) is 3.55. The Hall–Kier alpha value is -0.0400. The highest BCUT2D eigenvalue weighted by Gasteiger charge is 2.35. The summed E-state index contributed by atoms with van der Waals surface area (Å²) in [5.74, 6) is 2.28. The van der Waals surface area contributed by atoms with Gasteiger partial charge in [0.15, 0.2) is 0 Å². The minimum absolute atomic E-state index is 1.14. The van der Waals surface area contributed by atoms with Crippen LogP contribution < -0.4 is 0 Å². The van der Waals surface area contributed by atoms with Crippen molar-refractivity contribution in [1.29, 1.82) is 0 Å². The van der Waals surface area contributed by atoms with Crippen LogP contribution in [0.4, 0.5) is 0 Å². The topological polar surface area (TPSA) is 3.24 Å². The van der Waals surface area contributed by atoms with Crippen LogP contribution in [0.25, 0.3) is 0 Å². The molecule has 2 fully saturated rings. The molecule has 2 rings (SSSR count). The molecule has 0 aromatic rings. The van der Waals surface area contributed by atoms with E-state index < -0.39 is 0 Å². The van der Waals surface area contributed by atoms with Crippen molar-refractivity contribution in [3.05, 3.63) is 0 Å². The Balaban J connectivity index is 1.75. The first kappa shape index (κ1) is 8.55. The summed E-state index contributed by atoms with van der Waals surface area (Å²) in [4.78, 5) is 2.50. The van der Waals surface area contributed by atoms with Crippen molar-refractivity contribution >= 4 is 0 Å². The van der Waals surface area contributed by atoms with Gasteiger partial charge in [0.25, 0.3) is 0 Å². The van der Waals surface area contributed by atoms with Gasteiger partial charge in [0.1, 0.15) is 0 Å². The molecule has 1 nitrogen and oxygen atoms in total. The molecule has 0 N–H and O–H groups in total. The zero-order chi connectivity index (χ0) is 8.39. The Morgan fingerprint density at radius 3 is 2.42 bits per heavy atom. The SMILES string of the molecule is CN1CCCCC2CC2CCC1. The summed E-state index contributed by atoms with van der Waals surface area (Å²) in [5, 5.41) is 0. The minimum atomic E-state index is 1.14. The second-order valence-corrected chi connectivity index (χ2v) is 4.70. The molecule has 1 aliphatic heterocycles. The lowest BCUT2D eigenvalue weighted by Crippen LogP contribution is -2.21. The van der Waals surface area contributed by atoms with E-state index >= 15 is 0 Å². The molecule has 2 aliphatic rings. The first-order valence-electron chi connectivity index (χ1n) is 5.55. The summed E-state index contributed by atoms with van der Waals surface area (Å²) in [6.45, 7) is 2.67. The summed E-state index contributed by atoms with van der Waals surface area (Å²) in [6.07, 6.45) is 8.94. The average Bonchev–Trinajstić information content (AvgIpc) is 2.78. The van der Waals surface area contributed by atoms with Crippen LogP contribution in [0.15, 0.2) is 0 Å². The standard InChI is InChI=1S/C11H21N/c1-12-7-3-2-5-10-9-11(10)6-4-8-12/h10-11H,2-9H2,1H3. The van der Waals surface area contributed by atoms with E-state index in [0.717, 1.165) is 11.8 Å². The zero-order valence-corrected chi connectivity index (χ0v) is 8.26. The first-order valence-corrected chi connectivity index (χ1v) is 5.55. The summed E-state index contributed by atoms with van der Waals surface area (Å²) in [7, 11) is 2.27. The Kier molecular flexibility index (Phi) is 2.69. The quantitative estimate of drug-likeness (QED) is 0.536. The Morgan fingerprint density at radius 2 is 1.58 bits per heavy atom. The van der Waals surface area contributed by atoms with Crippen LogP contribution in [0.3, 0.4) is 0 Å². The summed E-state index contributed by atoms with van der Waals surface area (Å²) in [5.41, 5.74) is 0. The number of fused-ring (bicyclic) bond motifs is 1. The van der Waals surface area contributed by atoms with E-state index in [4.69, 9.17) is 0 Å². The van der Waals surface area contributed by atoms with Crippen molar-refractivity contribution in [2.75, 3.05) is 20.1 Å². The molecule has 0 amide bonds. The van der Waals surface area contributed by atoms with Crippen molar-refractivity contribution in [2.24, 2.45) is 11.8 Å². The summed E-state index contributed by atoms with van der Waals surface area (Å²) < 4.78 is 0. The molecule has 2 atom stereocenters. The van der Waals surface area contributed by atoms with Crippen molar-refractivity contribution in [1.82, 2.24) is 4.90 Å². The van der Waals surface area contributed by atoms with Crippen LogP contribution in [0.5, 0.6) is 0 Å². The fourth-order valence-electron chi connectivity index (χ4n) is 2.54. The maximum Gasteiger partial charge on any atom is -0.00217 e. The summed E-state index contributed by atoms with van der Waals surface area (Å²) >= 11 is 0. The van der Waals surface area contributed by atoms with Crippen LogP contribution in [-0.4, -0.2) is 25.0 Å². The van der Waals surface area contributed by atoms with Crippen molar-refractivity contribution < 1.29 is 0 Å². The van der Waals surface area contributed by atoms with Gasteiger partial charge in [-0.15, -0.1) is 0 Å². The normalized spacial score (nSPS) is 38.8. The van der Waals surface area contributed by atoms with E-state index in [9.17, 15) is 0 Å². The number of rotatable bonds is 0. The predicted molar refractivity (Wildman–Crippen MR) is 52.2 cm³/mol. The highest BCUT2D eigenvalue weighted by molar-refractivity contribution is 4.86. The fraction of sp³-hybridized carbons (Fsp3) is 1.00. The second kappa shape index (κ2) is 3.78. The largest absolute Gasteiger partial charge is 0.306 e. The molecule has 0 bridgehead atoms. The molecule has 0 radical (unpaired) electrons. The maximum absolute atomic E-state index is 2.50. The van der Waals surface area contributed by atoms with Crippen LogP contribution in [-0.2, 0) is 0 Å². The molecule has 1 saturated carbocycles. The molecule has 0 aromatic heterocycles. The van der Waals surface area contributed by atoms with Gasteiger partial charge in [0.05, 0.1) is 0 Å². The van der Waals surface area contributed by atoms with E-state index in [1.165, 1.54) is 45.2 Å². The third-order valence-corrected chi connectivity index (χ3v) is 3.55. The highest BCUT2D eigenvalue weighted by Crippen LogP contribution is 2.45. The number of nitrogens with zero attached hydrogens (tertiary/aromatic N) is 1. The number of hydrogen-bond donors (Lipinski definition) is 0. The molecule has 2 unspecified atom stereocenters. The van der Waals surface area contributed by atoms with Crippen molar-refractivity contribution in [3.63, 3.8) is 0 Å². The van der Waals surface area contributed by atoms with E-state index in [1.807, 2.05) is 0 Å². The van der Waals surface area contributed by atoms with Gasteiger partial charge in [-0.2, -0.15) is 0 Å². The molecule has 1 saturated heterocycles. The molecule has 1 aliphatic carbocycles. The molecular weight excluding hydrogens is 146 g/mol. The highest BCUT2D eigenvalue weighted by atomic mass is 15.1. The molecule has 70 valence electrons. The predicted octanol–water partition coefficient (Wildman–Crippen LogP) is 2.52. The fourth-order valence-corrected chi connectivity index (χ4v) is 2.54. The zero-order valence-electron chi connectivity index (χ0n) is 8.26. The van der Waals surface area contributed by atoms with Gasteiger partial charge in [-0.25, -0.2) is 0 Å². The Labute approximate surface area is 76.1 Å². The van der Waals surface area contributed by atoms with Gasteiger partial charge >= 0.3 is 0 Å². The average molecular weight is 167 g/mol. The van der Waals surface area contributed by atoms with Gasteiger partial charge in [-0.05, 0) is 57.7 Å². The van der Waals surface area contributed by atoms with E-state index in [2.05, 4.69) is 11.9 Å². The van der Waals surface area contributed by atoms with E-state index in [1.54, 1.807) is 6.42 Å². The monoisotopic (exact) mass is 167 g/mol. The molecule has 1 heterocycles. The van der Waals surface area contributed by atoms with Gasteiger partial charge in [-0.1, -0.05) is 12.8 Å². The maximum atomic E-state index is 2.50. The molecule has 0 spiro atoms. The lowest BCUT2D eigenvalue weighted by atomic mass is 10.1. The lowest BCUT2D eigenvalue weighted by Gasteiger charge is -2.17. The second-order valence-electron chi connectivity index (χ2n) is 4.70. The first-order chi connectivity index (χ1) is 5.86. The van der Waals surface area contributed by atoms with Crippen molar-refractivity contribution in [2.45, 2.75) is 38.5 Å². The van der Waals surface area contributed by atoms with Gasteiger partial charge in [-0.3, -0.25) is 0 Å². The van der Waals surface area contributed by atoms with Gasteiger partial charge in [0.2, 0.25) is 0 Å². The molecule has 1 heteroatoms. The van der Waals surface area contributed by atoms with Gasteiger partial charge in [0, 0.05) is 0 Å². The number of hydrogen-bond acceptors (Lipinski definition) is 1. The van der Waals surface area contributed by atoms with Crippen LogP contribution in [0.2, 0.25) is 0 Å². The summed E-state index contributed by atoms with van der Waals surface area (Å²) in [6, 6.07) is 0. The Morgan fingerprint density at radius 1 is 0.917 bits per heavy atom. The molecular formula is C11H21N. The van der Waals surface area contributed by atoms with Crippen LogP contribution in [0, 0.1) is 11.8 Å².